The third kappa shape index (κ3) is 3.51. The minimum Gasteiger partial charge on any atom is -0.347 e. The van der Waals surface area contributed by atoms with Gasteiger partial charge in [-0.2, -0.15) is 0 Å². The van der Waals surface area contributed by atoms with E-state index in [1.165, 1.54) is 36.7 Å². The molecule has 0 saturated heterocycles. The van der Waals surface area contributed by atoms with Crippen molar-refractivity contribution in [3.8, 4) is 0 Å². The van der Waals surface area contributed by atoms with Gasteiger partial charge in [0.05, 0.1) is 6.04 Å². The van der Waals surface area contributed by atoms with Crippen molar-refractivity contribution in [2.75, 3.05) is 0 Å². The first kappa shape index (κ1) is 16.7. The molecule has 0 spiro atoms. The van der Waals surface area contributed by atoms with Crippen molar-refractivity contribution >= 4 is 17.2 Å². The van der Waals surface area contributed by atoms with Crippen LogP contribution < -0.4 is 16.6 Å². The van der Waals surface area contributed by atoms with Gasteiger partial charge in [-0.1, -0.05) is 18.9 Å². The predicted molar refractivity (Wildman–Crippen MR) is 93.1 cm³/mol. The number of carbonyl (C=O) groups is 1. The Bertz CT molecular complexity index is 816. The predicted octanol–water partition coefficient (Wildman–Crippen LogP) is 1.66. The van der Waals surface area contributed by atoms with Gasteiger partial charge in [0.1, 0.15) is 6.54 Å². The number of hydrogen-bond acceptors (Lipinski definition) is 4. The maximum absolute atomic E-state index is 12.5. The monoisotopic (exact) mass is 347 g/mol. The summed E-state index contributed by atoms with van der Waals surface area (Å²) < 4.78 is 2.26. The van der Waals surface area contributed by atoms with Crippen LogP contribution in [0.25, 0.3) is 0 Å². The third-order valence-corrected chi connectivity index (χ3v) is 5.57. The van der Waals surface area contributed by atoms with E-state index in [2.05, 4.69) is 5.32 Å². The van der Waals surface area contributed by atoms with Gasteiger partial charge < -0.3 is 5.32 Å². The molecule has 128 valence electrons. The second-order valence-electron chi connectivity index (χ2n) is 6.23. The fraction of sp³-hybridized carbons (Fsp3) is 0.471. The highest BCUT2D eigenvalue weighted by atomic mass is 32.1. The van der Waals surface area contributed by atoms with Crippen molar-refractivity contribution in [1.82, 2.24) is 14.5 Å². The summed E-state index contributed by atoms with van der Waals surface area (Å²) in [6.45, 7) is -0.0818. The van der Waals surface area contributed by atoms with E-state index >= 15 is 0 Å². The Hall–Kier alpha value is -2.15. The molecule has 2 heterocycles. The second-order valence-corrected chi connectivity index (χ2v) is 7.21. The SMILES string of the molecule is Cn1c(=O)ccn(CC(=O)N[C@@H](c2cccs2)C2CCCC2)c1=O. The maximum Gasteiger partial charge on any atom is 0.331 e. The van der Waals surface area contributed by atoms with Gasteiger partial charge in [-0.3, -0.25) is 18.7 Å². The molecule has 1 atom stereocenters. The number of aromatic nitrogens is 2. The van der Waals surface area contributed by atoms with Crippen molar-refractivity contribution in [1.29, 1.82) is 0 Å². The smallest absolute Gasteiger partial charge is 0.331 e. The van der Waals surface area contributed by atoms with Gasteiger partial charge in [0, 0.05) is 24.2 Å². The number of thiophene rings is 1. The largest absolute Gasteiger partial charge is 0.347 e. The van der Waals surface area contributed by atoms with Crippen LogP contribution in [0.4, 0.5) is 0 Å². The standard InChI is InChI=1S/C17H21N3O3S/c1-19-15(22)8-9-20(17(19)23)11-14(21)18-16(12-5-2-3-6-12)13-7-4-10-24-13/h4,7-10,12,16H,2-3,5-6,11H2,1H3,(H,18,21)/t16-/m1/s1. The minimum atomic E-state index is -0.480. The van der Waals surface area contributed by atoms with E-state index in [0.29, 0.717) is 5.92 Å². The maximum atomic E-state index is 12.5. The van der Waals surface area contributed by atoms with E-state index in [0.717, 1.165) is 22.3 Å². The highest BCUT2D eigenvalue weighted by Crippen LogP contribution is 2.37. The summed E-state index contributed by atoms with van der Waals surface area (Å²) in [7, 11) is 1.41. The van der Waals surface area contributed by atoms with Gasteiger partial charge in [0.2, 0.25) is 5.91 Å². The summed E-state index contributed by atoms with van der Waals surface area (Å²) in [5, 5.41) is 5.11. The number of nitrogens with zero attached hydrogens (tertiary/aromatic N) is 2. The Balaban J connectivity index is 1.75. The lowest BCUT2D eigenvalue weighted by Crippen LogP contribution is -2.41. The van der Waals surface area contributed by atoms with Gasteiger partial charge in [-0.05, 0) is 30.2 Å². The molecule has 1 fully saturated rings. The van der Waals surface area contributed by atoms with E-state index in [1.807, 2.05) is 17.5 Å². The molecule has 2 aromatic heterocycles. The van der Waals surface area contributed by atoms with Crippen molar-refractivity contribution in [3.63, 3.8) is 0 Å². The van der Waals surface area contributed by atoms with E-state index in [1.54, 1.807) is 11.3 Å². The average molecular weight is 347 g/mol. The van der Waals surface area contributed by atoms with Crippen LogP contribution in [0.2, 0.25) is 0 Å². The van der Waals surface area contributed by atoms with Crippen LogP contribution >= 0.6 is 11.3 Å². The number of hydrogen-bond donors (Lipinski definition) is 1. The van der Waals surface area contributed by atoms with Crippen molar-refractivity contribution in [2.45, 2.75) is 38.3 Å². The highest BCUT2D eigenvalue weighted by Gasteiger charge is 2.28. The van der Waals surface area contributed by atoms with Gasteiger partial charge in [-0.25, -0.2) is 4.79 Å². The van der Waals surface area contributed by atoms with E-state index in [4.69, 9.17) is 0 Å². The van der Waals surface area contributed by atoms with Crippen LogP contribution in [0, 0.1) is 5.92 Å². The molecular formula is C17H21N3O3S. The van der Waals surface area contributed by atoms with E-state index in [9.17, 15) is 14.4 Å². The molecule has 1 amide bonds. The van der Waals surface area contributed by atoms with E-state index < -0.39 is 5.69 Å². The van der Waals surface area contributed by atoms with Crippen molar-refractivity contribution < 1.29 is 4.79 Å². The first-order chi connectivity index (χ1) is 11.6. The third-order valence-electron chi connectivity index (χ3n) is 4.61. The summed E-state index contributed by atoms with van der Waals surface area (Å²) in [6, 6.07) is 5.34. The lowest BCUT2D eigenvalue weighted by molar-refractivity contribution is -0.122. The van der Waals surface area contributed by atoms with Gasteiger partial charge in [-0.15, -0.1) is 11.3 Å². The quantitative estimate of drug-likeness (QED) is 0.894. The Labute approximate surface area is 143 Å². The van der Waals surface area contributed by atoms with Crippen molar-refractivity contribution in [2.24, 2.45) is 13.0 Å². The molecule has 2 aromatic rings. The Morgan fingerprint density at radius 3 is 2.75 bits per heavy atom. The second kappa shape index (κ2) is 7.17. The molecule has 1 aliphatic rings. The van der Waals surface area contributed by atoms with Crippen LogP contribution in [0.1, 0.15) is 36.6 Å². The zero-order valence-electron chi connectivity index (χ0n) is 13.6. The molecule has 0 bridgehead atoms. The average Bonchev–Trinajstić information content (AvgIpc) is 3.26. The fourth-order valence-corrected chi connectivity index (χ4v) is 4.16. The molecule has 24 heavy (non-hydrogen) atoms. The van der Waals surface area contributed by atoms with Gasteiger partial charge in [0.25, 0.3) is 5.56 Å². The number of amides is 1. The molecular weight excluding hydrogens is 326 g/mol. The fourth-order valence-electron chi connectivity index (χ4n) is 3.29. The van der Waals surface area contributed by atoms with Crippen molar-refractivity contribution in [3.05, 3.63) is 55.5 Å². The molecule has 0 radical (unpaired) electrons. The molecule has 1 N–H and O–H groups in total. The molecule has 1 aliphatic carbocycles. The molecule has 7 heteroatoms. The van der Waals surface area contributed by atoms with Crippen LogP contribution in [-0.2, 0) is 18.4 Å². The first-order valence-corrected chi connectivity index (χ1v) is 9.03. The van der Waals surface area contributed by atoms with Crippen LogP contribution in [0.15, 0.2) is 39.4 Å². The number of carbonyl (C=O) groups excluding carboxylic acids is 1. The van der Waals surface area contributed by atoms with Crippen LogP contribution in [-0.4, -0.2) is 15.0 Å². The normalized spacial score (nSPS) is 16.2. The molecule has 0 aromatic carbocycles. The first-order valence-electron chi connectivity index (χ1n) is 8.15. The minimum absolute atomic E-state index is 0.00299. The summed E-state index contributed by atoms with van der Waals surface area (Å²) in [6.07, 6.45) is 6.00. The summed E-state index contributed by atoms with van der Waals surface area (Å²) in [4.78, 5) is 37.1. The van der Waals surface area contributed by atoms with E-state index in [-0.39, 0.29) is 24.1 Å². The summed E-state index contributed by atoms with van der Waals surface area (Å²) in [5.41, 5.74) is -0.856. The zero-order valence-corrected chi connectivity index (χ0v) is 14.4. The lowest BCUT2D eigenvalue weighted by Gasteiger charge is -2.24. The Morgan fingerprint density at radius 1 is 1.33 bits per heavy atom. The zero-order chi connectivity index (χ0) is 17.1. The molecule has 1 saturated carbocycles. The lowest BCUT2D eigenvalue weighted by atomic mass is 9.96. The van der Waals surface area contributed by atoms with Crippen LogP contribution in [0.3, 0.4) is 0 Å². The van der Waals surface area contributed by atoms with Crippen LogP contribution in [0.5, 0.6) is 0 Å². The number of rotatable bonds is 5. The molecule has 0 aliphatic heterocycles. The summed E-state index contributed by atoms with van der Waals surface area (Å²) in [5.74, 6) is 0.241. The van der Waals surface area contributed by atoms with Gasteiger partial charge in [0.15, 0.2) is 0 Å². The summed E-state index contributed by atoms with van der Waals surface area (Å²) >= 11 is 1.65. The Kier molecular flexibility index (Phi) is 4.99. The number of nitrogens with one attached hydrogen (secondary N) is 1. The molecule has 3 rings (SSSR count). The van der Waals surface area contributed by atoms with Gasteiger partial charge >= 0.3 is 5.69 Å². The molecule has 6 nitrogen and oxygen atoms in total. The highest BCUT2D eigenvalue weighted by molar-refractivity contribution is 7.10. The topological polar surface area (TPSA) is 73.1 Å². The Morgan fingerprint density at radius 2 is 2.08 bits per heavy atom. The molecule has 0 unspecified atom stereocenters.